The summed E-state index contributed by atoms with van der Waals surface area (Å²) in [5.74, 6) is -0.324. The molecule has 0 unspecified atom stereocenters. The number of hydrogen-bond acceptors (Lipinski definition) is 5. The van der Waals surface area contributed by atoms with Gasteiger partial charge < -0.3 is 14.2 Å². The first-order valence-corrected chi connectivity index (χ1v) is 9.87. The van der Waals surface area contributed by atoms with Crippen molar-refractivity contribution in [1.29, 1.82) is 0 Å². The summed E-state index contributed by atoms with van der Waals surface area (Å²) in [6.45, 7) is 9.56. The van der Waals surface area contributed by atoms with Crippen molar-refractivity contribution in [2.45, 2.75) is 51.3 Å². The van der Waals surface area contributed by atoms with E-state index in [0.29, 0.717) is 6.54 Å². The van der Waals surface area contributed by atoms with Crippen molar-refractivity contribution in [2.75, 3.05) is 27.2 Å². The molecule has 0 aliphatic carbocycles. The van der Waals surface area contributed by atoms with Gasteiger partial charge in [0.2, 0.25) is 11.0 Å². The largest absolute Gasteiger partial charge is 0.448 e. The molecule has 0 saturated carbocycles. The highest BCUT2D eigenvalue weighted by Gasteiger charge is 2.42. The molecular formula is C17H27N3O5S. The molecule has 8 nitrogen and oxygen atoms in total. The number of furan rings is 1. The van der Waals surface area contributed by atoms with Gasteiger partial charge in [-0.1, -0.05) is 0 Å². The fourth-order valence-corrected chi connectivity index (χ4v) is 4.31. The summed E-state index contributed by atoms with van der Waals surface area (Å²) in [6.07, 6.45) is 0. The minimum atomic E-state index is -3.78. The lowest BCUT2D eigenvalue weighted by Crippen LogP contribution is -2.64. The van der Waals surface area contributed by atoms with E-state index in [0.717, 1.165) is 4.31 Å². The van der Waals surface area contributed by atoms with Crippen LogP contribution in [-0.4, -0.2) is 73.1 Å². The molecule has 1 fully saturated rings. The van der Waals surface area contributed by atoms with Crippen LogP contribution in [0.5, 0.6) is 0 Å². The molecule has 0 spiro atoms. The third-order valence-corrected chi connectivity index (χ3v) is 6.16. The summed E-state index contributed by atoms with van der Waals surface area (Å²) in [5.41, 5.74) is -0.359. The van der Waals surface area contributed by atoms with Gasteiger partial charge in [-0.05, 0) is 34.6 Å². The van der Waals surface area contributed by atoms with Gasteiger partial charge in [0.1, 0.15) is 12.3 Å². The lowest BCUT2D eigenvalue weighted by Gasteiger charge is -2.48. The average Bonchev–Trinajstić information content (AvgIpc) is 2.86. The molecule has 0 N–H and O–H groups in total. The third-order valence-electron chi connectivity index (χ3n) is 4.49. The zero-order valence-corrected chi connectivity index (χ0v) is 17.2. The van der Waals surface area contributed by atoms with Crippen molar-refractivity contribution in [3.05, 3.63) is 17.4 Å². The van der Waals surface area contributed by atoms with E-state index in [1.54, 1.807) is 11.8 Å². The number of rotatable bonds is 4. The van der Waals surface area contributed by atoms with Crippen LogP contribution in [0.1, 0.15) is 43.8 Å². The molecule has 0 radical (unpaired) electrons. The van der Waals surface area contributed by atoms with Gasteiger partial charge in [0.15, 0.2) is 0 Å². The summed E-state index contributed by atoms with van der Waals surface area (Å²) in [7, 11) is -0.996. The minimum Gasteiger partial charge on any atom is -0.448 e. The zero-order chi connectivity index (χ0) is 20.0. The molecule has 0 bridgehead atoms. The Morgan fingerprint density at radius 3 is 2.35 bits per heavy atom. The van der Waals surface area contributed by atoms with Gasteiger partial charge in [-0.3, -0.25) is 9.59 Å². The highest BCUT2D eigenvalue weighted by molar-refractivity contribution is 7.88. The van der Waals surface area contributed by atoms with Crippen molar-refractivity contribution < 1.29 is 22.4 Å². The number of nitrogens with zero attached hydrogens (tertiary/aromatic N) is 3. The lowest BCUT2D eigenvalue weighted by atomic mass is 9.96. The number of carbonyl (C=O) groups excluding carboxylic acids is 2. The molecule has 2 heterocycles. The van der Waals surface area contributed by atoms with Crippen molar-refractivity contribution in [3.63, 3.8) is 0 Å². The van der Waals surface area contributed by atoms with E-state index in [1.165, 1.54) is 25.1 Å². The van der Waals surface area contributed by atoms with E-state index < -0.39 is 21.5 Å². The van der Waals surface area contributed by atoms with Crippen LogP contribution >= 0.6 is 0 Å². The van der Waals surface area contributed by atoms with Gasteiger partial charge in [-0.2, -0.15) is 0 Å². The Bertz CT molecular complexity index is 823. The predicted molar refractivity (Wildman–Crippen MR) is 96.3 cm³/mol. The smallest absolute Gasteiger partial charge is 0.275 e. The van der Waals surface area contributed by atoms with E-state index in [-0.39, 0.29) is 34.9 Å². The van der Waals surface area contributed by atoms with Crippen LogP contribution in [0.3, 0.4) is 0 Å². The average molecular weight is 385 g/mol. The second kappa shape index (κ2) is 6.70. The van der Waals surface area contributed by atoms with E-state index in [4.69, 9.17) is 4.42 Å². The molecule has 9 heteroatoms. The number of carbonyl (C=O) groups is 2. The van der Waals surface area contributed by atoms with Crippen LogP contribution in [-0.2, 0) is 14.8 Å². The number of amides is 2. The van der Waals surface area contributed by atoms with Gasteiger partial charge in [-0.15, -0.1) is 0 Å². The Morgan fingerprint density at radius 2 is 1.88 bits per heavy atom. The minimum absolute atomic E-state index is 0.0299. The van der Waals surface area contributed by atoms with Crippen molar-refractivity contribution in [3.8, 4) is 0 Å². The Labute approximate surface area is 154 Å². The van der Waals surface area contributed by atoms with Crippen molar-refractivity contribution in [2.24, 2.45) is 0 Å². The summed E-state index contributed by atoms with van der Waals surface area (Å²) in [4.78, 5) is 28.7. The first-order valence-electron chi connectivity index (χ1n) is 8.43. The van der Waals surface area contributed by atoms with Crippen LogP contribution in [0.4, 0.5) is 0 Å². The molecule has 146 valence electrons. The quantitative estimate of drug-likeness (QED) is 0.779. The van der Waals surface area contributed by atoms with Crippen LogP contribution in [0.15, 0.2) is 15.6 Å². The summed E-state index contributed by atoms with van der Waals surface area (Å²) in [6, 6.07) is 1.27. The molecule has 2 rings (SSSR count). The number of piperazine rings is 1. The summed E-state index contributed by atoms with van der Waals surface area (Å²) in [5, 5.41) is -0.283. The monoisotopic (exact) mass is 385 g/mol. The molecular weight excluding hydrogens is 358 g/mol. The van der Waals surface area contributed by atoms with Crippen LogP contribution in [0.25, 0.3) is 0 Å². The van der Waals surface area contributed by atoms with E-state index in [2.05, 4.69) is 0 Å². The summed E-state index contributed by atoms with van der Waals surface area (Å²) >= 11 is 0. The molecule has 1 aromatic heterocycles. The zero-order valence-electron chi connectivity index (χ0n) is 16.4. The molecule has 1 aromatic rings. The lowest BCUT2D eigenvalue weighted by molar-refractivity contribution is -0.146. The highest BCUT2D eigenvalue weighted by atomic mass is 32.2. The third kappa shape index (κ3) is 3.50. The second-order valence-corrected chi connectivity index (χ2v) is 9.74. The van der Waals surface area contributed by atoms with Gasteiger partial charge >= 0.3 is 0 Å². The maximum atomic E-state index is 12.9. The van der Waals surface area contributed by atoms with E-state index >= 15 is 0 Å². The van der Waals surface area contributed by atoms with Gasteiger partial charge in [0.05, 0.1) is 11.1 Å². The van der Waals surface area contributed by atoms with Crippen molar-refractivity contribution in [1.82, 2.24) is 14.1 Å². The first kappa shape index (κ1) is 20.4. The number of aryl methyl sites for hydroxylation is 1. The highest BCUT2D eigenvalue weighted by Crippen LogP contribution is 2.28. The topological polar surface area (TPSA) is 91.1 Å². The standard InChI is InChI=1S/C17H27N3O5S/c1-11(2)20-14(21)9-19(10-17(20,4)5)16(22)13-8-15(25-12(13)3)26(23,24)18(6)7/h8,11H,9-10H2,1-7H3. The van der Waals surface area contributed by atoms with Crippen LogP contribution < -0.4 is 0 Å². The first-order chi connectivity index (χ1) is 11.8. The Kier molecular flexibility index (Phi) is 5.26. The van der Waals surface area contributed by atoms with Gasteiger partial charge in [-0.25, -0.2) is 12.7 Å². The Balaban J connectivity index is 2.34. The predicted octanol–water partition coefficient (Wildman–Crippen LogP) is 1.31. The fraction of sp³-hybridized carbons (Fsp3) is 0.647. The fourth-order valence-electron chi connectivity index (χ4n) is 3.45. The number of hydrogen-bond donors (Lipinski definition) is 0. The normalized spacial score (nSPS) is 18.1. The molecule has 1 saturated heterocycles. The SMILES string of the molecule is Cc1oc(S(=O)(=O)N(C)C)cc1C(=O)N1CC(=O)N(C(C)C)C(C)(C)C1. The molecule has 2 amide bonds. The molecule has 1 aliphatic heterocycles. The van der Waals surface area contributed by atoms with Gasteiger partial charge in [0.25, 0.3) is 15.9 Å². The number of sulfonamides is 1. The molecule has 1 aliphatic rings. The van der Waals surface area contributed by atoms with Crippen LogP contribution in [0, 0.1) is 6.92 Å². The molecule has 0 aromatic carbocycles. The molecule has 26 heavy (non-hydrogen) atoms. The Hall–Kier alpha value is -1.87. The Morgan fingerprint density at radius 1 is 1.31 bits per heavy atom. The second-order valence-electron chi connectivity index (χ2n) is 7.65. The van der Waals surface area contributed by atoms with Crippen LogP contribution in [0.2, 0.25) is 0 Å². The van der Waals surface area contributed by atoms with Crippen molar-refractivity contribution >= 4 is 21.8 Å². The maximum Gasteiger partial charge on any atom is 0.275 e. The van der Waals surface area contributed by atoms with E-state index in [9.17, 15) is 18.0 Å². The van der Waals surface area contributed by atoms with E-state index in [1.807, 2.05) is 27.7 Å². The summed E-state index contributed by atoms with van der Waals surface area (Å²) < 4.78 is 30.8. The van der Waals surface area contributed by atoms with Gasteiger partial charge in [0, 0.05) is 32.7 Å². The molecule has 0 atom stereocenters. The maximum absolute atomic E-state index is 12.9.